The summed E-state index contributed by atoms with van der Waals surface area (Å²) in [6.07, 6.45) is 1.30. The second-order valence-electron chi connectivity index (χ2n) is 9.50. The maximum absolute atomic E-state index is 12.4. The molecule has 0 saturated carbocycles. The minimum Gasteiger partial charge on any atom is -0.444 e. The molecule has 1 aliphatic heterocycles. The minimum atomic E-state index is -3.72. The molecule has 2 aromatic rings. The van der Waals surface area contributed by atoms with Crippen LogP contribution in [0.25, 0.3) is 0 Å². The van der Waals surface area contributed by atoms with Crippen LogP contribution in [0.3, 0.4) is 0 Å². The van der Waals surface area contributed by atoms with Gasteiger partial charge in [0.05, 0.1) is 11.5 Å². The molecule has 0 atom stereocenters. The Balaban J connectivity index is 1.44. The molecule has 3 rings (SSSR count). The lowest BCUT2D eigenvalue weighted by Gasteiger charge is -2.33. The van der Waals surface area contributed by atoms with E-state index in [1.54, 1.807) is 24.3 Å². The number of nitrogens with zero attached hydrogens (tertiary/aromatic N) is 1. The van der Waals surface area contributed by atoms with Crippen molar-refractivity contribution >= 4 is 21.9 Å². The Morgan fingerprint density at radius 1 is 1.03 bits per heavy atom. The van der Waals surface area contributed by atoms with Gasteiger partial charge in [-0.1, -0.05) is 29.8 Å². The number of nitrogens with one attached hydrogen (secondary N) is 1. The number of carbonyl (C=O) groups excluding carboxylic acids is 1. The van der Waals surface area contributed by atoms with E-state index in [2.05, 4.69) is 10.2 Å². The van der Waals surface area contributed by atoms with Gasteiger partial charge in [-0.2, -0.15) is 8.42 Å². The Kier molecular flexibility index (Phi) is 8.02. The summed E-state index contributed by atoms with van der Waals surface area (Å²) in [4.78, 5) is 14.3. The Morgan fingerprint density at radius 2 is 1.64 bits per heavy atom. The number of benzene rings is 2. The van der Waals surface area contributed by atoms with Crippen molar-refractivity contribution in [3.05, 3.63) is 59.7 Å². The lowest BCUT2D eigenvalue weighted by Crippen LogP contribution is -2.35. The monoisotopic (exact) mass is 474 g/mol. The second kappa shape index (κ2) is 10.6. The van der Waals surface area contributed by atoms with Crippen molar-refractivity contribution in [2.75, 3.05) is 24.6 Å². The molecule has 1 aliphatic rings. The van der Waals surface area contributed by atoms with Crippen LogP contribution in [0.4, 0.5) is 10.5 Å². The van der Waals surface area contributed by atoms with E-state index < -0.39 is 21.8 Å². The fraction of sp³-hybridized carbons (Fsp3) is 0.480. The van der Waals surface area contributed by atoms with Crippen LogP contribution in [0.15, 0.2) is 53.4 Å². The fourth-order valence-electron chi connectivity index (χ4n) is 3.63. The summed E-state index contributed by atoms with van der Waals surface area (Å²) in [5.41, 5.74) is 2.60. The average Bonchev–Trinajstić information content (AvgIpc) is 2.76. The van der Waals surface area contributed by atoms with E-state index in [0.29, 0.717) is 6.54 Å². The Bertz CT molecular complexity index is 1020. The molecule has 8 heteroatoms. The molecule has 0 aliphatic carbocycles. The van der Waals surface area contributed by atoms with E-state index in [1.165, 1.54) is 0 Å². The first kappa shape index (κ1) is 25.1. The number of ether oxygens (including phenoxy) is 1. The molecule has 1 saturated heterocycles. The lowest BCUT2D eigenvalue weighted by atomic mass is 9.97. The van der Waals surface area contributed by atoms with Gasteiger partial charge in [0.15, 0.2) is 0 Å². The molecule has 1 N–H and O–H groups in total. The van der Waals surface area contributed by atoms with Gasteiger partial charge in [-0.3, -0.25) is 4.18 Å². The second-order valence-corrected chi connectivity index (χ2v) is 11.1. The SMILES string of the molecule is Cc1ccc(S(=O)(=O)OCC2CCN(c3ccc(CNC(=O)OC(C)(C)C)cc3)CC2)cc1. The van der Waals surface area contributed by atoms with Gasteiger partial charge in [0, 0.05) is 25.3 Å². The topological polar surface area (TPSA) is 84.9 Å². The summed E-state index contributed by atoms with van der Waals surface area (Å²) in [5.74, 6) is 0.207. The number of rotatable bonds is 7. The smallest absolute Gasteiger partial charge is 0.407 e. The molecule has 1 fully saturated rings. The van der Waals surface area contributed by atoms with E-state index in [-0.39, 0.29) is 17.4 Å². The van der Waals surface area contributed by atoms with Crippen molar-refractivity contribution in [3.63, 3.8) is 0 Å². The highest BCUT2D eigenvalue weighted by molar-refractivity contribution is 7.86. The van der Waals surface area contributed by atoms with Crippen LogP contribution in [0.2, 0.25) is 0 Å². The summed E-state index contributed by atoms with van der Waals surface area (Å²) in [6.45, 7) is 9.71. The Labute approximate surface area is 197 Å². The number of hydrogen-bond donors (Lipinski definition) is 1. The van der Waals surface area contributed by atoms with Crippen LogP contribution in [0.5, 0.6) is 0 Å². The predicted molar refractivity (Wildman–Crippen MR) is 129 cm³/mol. The quantitative estimate of drug-likeness (QED) is 0.589. The molecule has 0 radical (unpaired) electrons. The van der Waals surface area contributed by atoms with Crippen LogP contribution in [0, 0.1) is 12.8 Å². The molecule has 7 nitrogen and oxygen atoms in total. The number of aryl methyl sites for hydroxylation is 1. The highest BCUT2D eigenvalue weighted by atomic mass is 32.2. The van der Waals surface area contributed by atoms with Gasteiger partial charge in [-0.25, -0.2) is 4.79 Å². The van der Waals surface area contributed by atoms with Crippen molar-refractivity contribution in [2.45, 2.75) is 57.6 Å². The molecule has 2 aromatic carbocycles. The summed E-state index contributed by atoms with van der Waals surface area (Å²) in [7, 11) is -3.72. The third-order valence-electron chi connectivity index (χ3n) is 5.52. The standard InChI is InChI=1S/C25H34N2O5S/c1-19-5-11-23(12-6-19)33(29,30)31-18-21-13-15-27(16-14-21)22-9-7-20(8-10-22)17-26-24(28)32-25(2,3)4/h5-12,21H,13-18H2,1-4H3,(H,26,28). The zero-order chi connectivity index (χ0) is 24.1. The van der Waals surface area contributed by atoms with E-state index >= 15 is 0 Å². The molecule has 0 spiro atoms. The maximum atomic E-state index is 12.4. The zero-order valence-electron chi connectivity index (χ0n) is 19.8. The van der Waals surface area contributed by atoms with Gasteiger partial charge < -0.3 is 15.0 Å². The van der Waals surface area contributed by atoms with Gasteiger partial charge in [0.2, 0.25) is 0 Å². The summed E-state index contributed by atoms with van der Waals surface area (Å²) < 4.78 is 35.4. The maximum Gasteiger partial charge on any atom is 0.407 e. The lowest BCUT2D eigenvalue weighted by molar-refractivity contribution is 0.0523. The fourth-order valence-corrected chi connectivity index (χ4v) is 4.61. The normalized spacial score (nSPS) is 15.3. The van der Waals surface area contributed by atoms with E-state index in [4.69, 9.17) is 8.92 Å². The van der Waals surface area contributed by atoms with Gasteiger partial charge in [0.25, 0.3) is 10.1 Å². The molecule has 180 valence electrons. The first-order valence-electron chi connectivity index (χ1n) is 11.3. The van der Waals surface area contributed by atoms with Crippen molar-refractivity contribution in [1.29, 1.82) is 0 Å². The van der Waals surface area contributed by atoms with Crippen LogP contribution < -0.4 is 10.2 Å². The molecule has 1 amide bonds. The van der Waals surface area contributed by atoms with Gasteiger partial charge in [-0.15, -0.1) is 0 Å². The van der Waals surface area contributed by atoms with Crippen molar-refractivity contribution < 1.29 is 22.1 Å². The molecular formula is C25H34N2O5S. The molecule has 0 aromatic heterocycles. The number of hydrogen-bond acceptors (Lipinski definition) is 6. The van der Waals surface area contributed by atoms with E-state index in [1.807, 2.05) is 52.0 Å². The number of anilines is 1. The highest BCUT2D eigenvalue weighted by Gasteiger charge is 2.23. The van der Waals surface area contributed by atoms with Crippen LogP contribution in [0.1, 0.15) is 44.7 Å². The molecular weight excluding hydrogens is 440 g/mol. The summed E-state index contributed by atoms with van der Waals surface area (Å²) in [5, 5.41) is 2.76. The van der Waals surface area contributed by atoms with Gasteiger partial charge >= 0.3 is 6.09 Å². The summed E-state index contributed by atoms with van der Waals surface area (Å²) in [6, 6.07) is 14.8. The van der Waals surface area contributed by atoms with Gasteiger partial charge in [-0.05, 0) is 76.3 Å². The van der Waals surface area contributed by atoms with Crippen LogP contribution in [-0.4, -0.2) is 39.8 Å². The number of amides is 1. The Hall–Kier alpha value is -2.58. The van der Waals surface area contributed by atoms with Gasteiger partial charge in [0.1, 0.15) is 5.60 Å². The van der Waals surface area contributed by atoms with Crippen LogP contribution >= 0.6 is 0 Å². The third-order valence-corrected chi connectivity index (χ3v) is 6.82. The third kappa shape index (κ3) is 7.75. The summed E-state index contributed by atoms with van der Waals surface area (Å²) >= 11 is 0. The van der Waals surface area contributed by atoms with E-state index in [9.17, 15) is 13.2 Å². The van der Waals surface area contributed by atoms with E-state index in [0.717, 1.165) is 42.7 Å². The number of alkyl carbamates (subject to hydrolysis) is 1. The average molecular weight is 475 g/mol. The number of carbonyl (C=O) groups is 1. The Morgan fingerprint density at radius 3 is 2.21 bits per heavy atom. The van der Waals surface area contributed by atoms with Crippen molar-refractivity contribution in [3.8, 4) is 0 Å². The predicted octanol–water partition coefficient (Wildman–Crippen LogP) is 4.64. The first-order valence-corrected chi connectivity index (χ1v) is 12.7. The highest BCUT2D eigenvalue weighted by Crippen LogP contribution is 2.25. The van der Waals surface area contributed by atoms with Crippen molar-refractivity contribution in [2.24, 2.45) is 5.92 Å². The van der Waals surface area contributed by atoms with Crippen molar-refractivity contribution in [1.82, 2.24) is 5.32 Å². The minimum absolute atomic E-state index is 0.201. The number of piperidine rings is 1. The molecule has 1 heterocycles. The molecule has 0 bridgehead atoms. The molecule has 0 unspecified atom stereocenters. The van der Waals surface area contributed by atoms with Crippen LogP contribution in [-0.2, 0) is 25.6 Å². The largest absolute Gasteiger partial charge is 0.444 e. The molecule has 33 heavy (non-hydrogen) atoms. The first-order chi connectivity index (χ1) is 15.5. The zero-order valence-corrected chi connectivity index (χ0v) is 20.7.